The number of nitrogens with zero attached hydrogens (tertiary/aromatic N) is 2. The van der Waals surface area contributed by atoms with E-state index in [1.54, 1.807) is 0 Å². The van der Waals surface area contributed by atoms with E-state index in [0.29, 0.717) is 6.04 Å². The quantitative estimate of drug-likeness (QED) is 0.745. The van der Waals surface area contributed by atoms with Crippen LogP contribution in [0.15, 0.2) is 0 Å². The van der Waals surface area contributed by atoms with Gasteiger partial charge in [0.15, 0.2) is 0 Å². The average Bonchev–Trinajstić information content (AvgIpc) is 2.84. The molecule has 2 aliphatic rings. The van der Waals surface area contributed by atoms with Crippen molar-refractivity contribution in [3.8, 4) is 0 Å². The molecular formula is C12H25N3. The first-order valence-corrected chi connectivity index (χ1v) is 6.47. The summed E-state index contributed by atoms with van der Waals surface area (Å²) in [5, 5.41) is 0. The van der Waals surface area contributed by atoms with Crippen molar-refractivity contribution in [3.05, 3.63) is 0 Å². The van der Waals surface area contributed by atoms with Gasteiger partial charge in [-0.15, -0.1) is 0 Å². The second kappa shape index (κ2) is 5.28. The minimum atomic E-state index is 0.646. The lowest BCUT2D eigenvalue weighted by Gasteiger charge is -2.27. The normalized spacial score (nSPS) is 34.0. The van der Waals surface area contributed by atoms with Gasteiger partial charge in [-0.3, -0.25) is 4.90 Å². The topological polar surface area (TPSA) is 32.5 Å². The maximum Gasteiger partial charge on any atom is 0.0245 e. The van der Waals surface area contributed by atoms with Gasteiger partial charge in [0.1, 0.15) is 0 Å². The molecular weight excluding hydrogens is 186 g/mol. The predicted molar refractivity (Wildman–Crippen MR) is 63.9 cm³/mol. The summed E-state index contributed by atoms with van der Waals surface area (Å²) in [7, 11) is 0. The van der Waals surface area contributed by atoms with Crippen LogP contribution in [0.25, 0.3) is 0 Å². The third-order valence-electron chi connectivity index (χ3n) is 4.14. The Morgan fingerprint density at radius 1 is 1.13 bits per heavy atom. The molecule has 0 aliphatic carbocycles. The number of likely N-dealkylation sites (tertiary alicyclic amines) is 2. The molecule has 15 heavy (non-hydrogen) atoms. The smallest absolute Gasteiger partial charge is 0.0245 e. The summed E-state index contributed by atoms with van der Waals surface area (Å²) < 4.78 is 0. The predicted octanol–water partition coefficient (Wildman–Crippen LogP) is 0.751. The van der Waals surface area contributed by atoms with Crippen molar-refractivity contribution in [3.63, 3.8) is 0 Å². The summed E-state index contributed by atoms with van der Waals surface area (Å²) in [5.74, 6) is 0.800. The average molecular weight is 211 g/mol. The molecule has 0 spiro atoms. The molecule has 2 fully saturated rings. The molecule has 2 N–H and O–H groups in total. The summed E-state index contributed by atoms with van der Waals surface area (Å²) in [6, 6.07) is 0.646. The Labute approximate surface area is 93.6 Å². The molecule has 0 saturated carbocycles. The fraction of sp³-hybridized carbons (Fsp3) is 1.00. The largest absolute Gasteiger partial charge is 0.329 e. The lowest BCUT2D eigenvalue weighted by Crippen LogP contribution is -2.42. The zero-order valence-corrected chi connectivity index (χ0v) is 9.99. The van der Waals surface area contributed by atoms with Crippen LogP contribution in [0.4, 0.5) is 0 Å². The molecule has 2 rings (SSSR count). The maximum absolute atomic E-state index is 5.84. The first kappa shape index (κ1) is 11.4. The van der Waals surface area contributed by atoms with E-state index in [4.69, 9.17) is 5.73 Å². The van der Waals surface area contributed by atoms with E-state index in [1.165, 1.54) is 52.0 Å². The van der Waals surface area contributed by atoms with Crippen molar-refractivity contribution in [2.75, 3.05) is 39.3 Å². The Kier molecular flexibility index (Phi) is 4.00. The highest BCUT2D eigenvalue weighted by Gasteiger charge is 2.29. The molecule has 2 aliphatic heterocycles. The summed E-state index contributed by atoms with van der Waals surface area (Å²) >= 11 is 0. The van der Waals surface area contributed by atoms with Gasteiger partial charge in [0.2, 0.25) is 0 Å². The second-order valence-electron chi connectivity index (χ2n) is 5.15. The van der Waals surface area contributed by atoms with Crippen LogP contribution in [0.5, 0.6) is 0 Å². The summed E-state index contributed by atoms with van der Waals surface area (Å²) in [4.78, 5) is 5.19. The number of hydrogen-bond donors (Lipinski definition) is 1. The van der Waals surface area contributed by atoms with Crippen molar-refractivity contribution >= 4 is 0 Å². The van der Waals surface area contributed by atoms with Crippen LogP contribution in [0.2, 0.25) is 0 Å². The van der Waals surface area contributed by atoms with E-state index in [1.807, 2.05) is 0 Å². The van der Waals surface area contributed by atoms with Gasteiger partial charge in [-0.05, 0) is 44.8 Å². The third kappa shape index (κ3) is 2.71. The van der Waals surface area contributed by atoms with Crippen LogP contribution in [0, 0.1) is 5.92 Å². The van der Waals surface area contributed by atoms with Crippen molar-refractivity contribution in [2.24, 2.45) is 11.7 Å². The maximum atomic E-state index is 5.84. The van der Waals surface area contributed by atoms with Crippen LogP contribution in [-0.4, -0.2) is 55.1 Å². The molecule has 0 radical (unpaired) electrons. The third-order valence-corrected chi connectivity index (χ3v) is 4.14. The van der Waals surface area contributed by atoms with Crippen LogP contribution in [-0.2, 0) is 0 Å². The molecule has 0 amide bonds. The standard InChI is InChI=1S/C12H25N3/c1-11-4-7-15(12(11)10-13)9-8-14-5-2-3-6-14/h11-12H,2-10,13H2,1H3. The van der Waals surface area contributed by atoms with Crippen molar-refractivity contribution in [2.45, 2.75) is 32.2 Å². The molecule has 2 atom stereocenters. The lowest BCUT2D eigenvalue weighted by molar-refractivity contribution is 0.201. The molecule has 0 bridgehead atoms. The highest BCUT2D eigenvalue weighted by molar-refractivity contribution is 4.85. The van der Waals surface area contributed by atoms with E-state index in [9.17, 15) is 0 Å². The first-order chi connectivity index (χ1) is 7.31. The van der Waals surface area contributed by atoms with E-state index in [0.717, 1.165) is 12.5 Å². The minimum absolute atomic E-state index is 0.646. The van der Waals surface area contributed by atoms with Gasteiger partial charge < -0.3 is 10.6 Å². The molecule has 3 nitrogen and oxygen atoms in total. The van der Waals surface area contributed by atoms with Crippen LogP contribution < -0.4 is 5.73 Å². The van der Waals surface area contributed by atoms with Gasteiger partial charge in [-0.25, -0.2) is 0 Å². The summed E-state index contributed by atoms with van der Waals surface area (Å²) in [5.41, 5.74) is 5.84. The fourth-order valence-electron chi connectivity index (χ4n) is 3.02. The number of hydrogen-bond acceptors (Lipinski definition) is 3. The minimum Gasteiger partial charge on any atom is -0.329 e. The van der Waals surface area contributed by atoms with Gasteiger partial charge in [0.25, 0.3) is 0 Å². The van der Waals surface area contributed by atoms with Gasteiger partial charge in [0, 0.05) is 25.7 Å². The molecule has 88 valence electrons. The number of rotatable bonds is 4. The highest BCUT2D eigenvalue weighted by Crippen LogP contribution is 2.22. The zero-order chi connectivity index (χ0) is 10.7. The molecule has 0 aromatic carbocycles. The van der Waals surface area contributed by atoms with Crippen LogP contribution >= 0.6 is 0 Å². The van der Waals surface area contributed by atoms with Gasteiger partial charge >= 0.3 is 0 Å². The van der Waals surface area contributed by atoms with Crippen LogP contribution in [0.3, 0.4) is 0 Å². The Morgan fingerprint density at radius 3 is 2.53 bits per heavy atom. The first-order valence-electron chi connectivity index (χ1n) is 6.47. The molecule has 3 heteroatoms. The molecule has 0 aromatic heterocycles. The molecule has 2 heterocycles. The van der Waals surface area contributed by atoms with E-state index in [2.05, 4.69) is 16.7 Å². The van der Waals surface area contributed by atoms with E-state index >= 15 is 0 Å². The monoisotopic (exact) mass is 211 g/mol. The molecule has 2 unspecified atom stereocenters. The van der Waals surface area contributed by atoms with Crippen molar-refractivity contribution in [1.82, 2.24) is 9.80 Å². The van der Waals surface area contributed by atoms with Gasteiger partial charge in [0.05, 0.1) is 0 Å². The molecule has 2 saturated heterocycles. The Hall–Kier alpha value is -0.120. The molecule has 0 aromatic rings. The van der Waals surface area contributed by atoms with Gasteiger partial charge in [-0.2, -0.15) is 0 Å². The fourth-order valence-corrected chi connectivity index (χ4v) is 3.02. The van der Waals surface area contributed by atoms with Crippen molar-refractivity contribution in [1.29, 1.82) is 0 Å². The Morgan fingerprint density at radius 2 is 1.87 bits per heavy atom. The van der Waals surface area contributed by atoms with E-state index < -0.39 is 0 Å². The van der Waals surface area contributed by atoms with Gasteiger partial charge in [-0.1, -0.05) is 6.92 Å². The Balaban J connectivity index is 1.73. The second-order valence-corrected chi connectivity index (χ2v) is 5.15. The number of nitrogens with two attached hydrogens (primary N) is 1. The van der Waals surface area contributed by atoms with E-state index in [-0.39, 0.29) is 0 Å². The zero-order valence-electron chi connectivity index (χ0n) is 9.99. The lowest BCUT2D eigenvalue weighted by atomic mass is 10.0. The summed E-state index contributed by atoms with van der Waals surface area (Å²) in [6.07, 6.45) is 4.13. The SMILES string of the molecule is CC1CCN(CCN2CCCC2)C1CN. The van der Waals surface area contributed by atoms with Crippen LogP contribution in [0.1, 0.15) is 26.2 Å². The Bertz CT molecular complexity index is 189. The van der Waals surface area contributed by atoms with Crippen molar-refractivity contribution < 1.29 is 0 Å². The summed E-state index contributed by atoms with van der Waals surface area (Å²) in [6.45, 7) is 9.55. The highest BCUT2D eigenvalue weighted by atomic mass is 15.2.